The zero-order valence-electron chi connectivity index (χ0n) is 12.1. The maximum atomic E-state index is 5.56. The average Bonchev–Trinajstić information content (AvgIpc) is 2.37. The summed E-state index contributed by atoms with van der Waals surface area (Å²) in [5, 5.41) is 0. The van der Waals surface area contributed by atoms with Gasteiger partial charge in [-0.25, -0.2) is 0 Å². The largest absolute Gasteiger partial charge is 0.377 e. The maximum absolute atomic E-state index is 5.56. The molecule has 0 bridgehead atoms. The molecular weight excluding hydrogens is 236 g/mol. The first kappa shape index (κ1) is 15.7. The van der Waals surface area contributed by atoms with E-state index in [2.05, 4.69) is 43.7 Å². The van der Waals surface area contributed by atoms with Crippen LogP contribution in [0.1, 0.15) is 25.0 Å². The Bertz CT molecular complexity index is 432. The predicted molar refractivity (Wildman–Crippen MR) is 79.8 cm³/mol. The molecule has 0 unspecified atom stereocenters. The van der Waals surface area contributed by atoms with Gasteiger partial charge in [0, 0.05) is 18.7 Å². The highest BCUT2D eigenvalue weighted by Gasteiger charge is 2.04. The van der Waals surface area contributed by atoms with E-state index in [9.17, 15) is 0 Å². The summed E-state index contributed by atoms with van der Waals surface area (Å²) in [5.74, 6) is 6.03. The molecule has 19 heavy (non-hydrogen) atoms. The van der Waals surface area contributed by atoms with Crippen LogP contribution in [0.2, 0.25) is 0 Å². The van der Waals surface area contributed by atoms with Crippen LogP contribution >= 0.6 is 0 Å². The molecule has 3 heteroatoms. The van der Waals surface area contributed by atoms with Crippen molar-refractivity contribution in [2.24, 2.45) is 5.73 Å². The van der Waals surface area contributed by atoms with Crippen LogP contribution in [0.15, 0.2) is 24.3 Å². The number of hydrogen-bond acceptors (Lipinski definition) is 3. The van der Waals surface area contributed by atoms with E-state index < -0.39 is 0 Å². The lowest BCUT2D eigenvalue weighted by Crippen LogP contribution is -2.24. The van der Waals surface area contributed by atoms with Crippen LogP contribution in [-0.4, -0.2) is 37.7 Å². The number of benzene rings is 1. The zero-order chi connectivity index (χ0) is 14.1. The maximum Gasteiger partial charge on any atom is 0.0596 e. The first-order chi connectivity index (χ1) is 9.13. The van der Waals surface area contributed by atoms with Gasteiger partial charge < -0.3 is 10.5 Å². The lowest BCUT2D eigenvalue weighted by molar-refractivity contribution is 0.0627. The van der Waals surface area contributed by atoms with Crippen LogP contribution < -0.4 is 5.73 Å². The zero-order valence-corrected chi connectivity index (χ0v) is 12.1. The summed E-state index contributed by atoms with van der Waals surface area (Å²) in [6.45, 7) is 7.04. The summed E-state index contributed by atoms with van der Waals surface area (Å²) in [4.78, 5) is 2.24. The fourth-order valence-electron chi connectivity index (χ4n) is 1.74. The van der Waals surface area contributed by atoms with Crippen molar-refractivity contribution in [2.45, 2.75) is 26.5 Å². The molecule has 0 spiro atoms. The second-order valence-electron chi connectivity index (χ2n) is 4.82. The molecule has 1 rings (SSSR count). The van der Waals surface area contributed by atoms with Crippen LogP contribution in [0.3, 0.4) is 0 Å². The molecule has 0 fully saturated rings. The highest BCUT2D eigenvalue weighted by Crippen LogP contribution is 2.09. The van der Waals surface area contributed by atoms with Crippen molar-refractivity contribution in [1.29, 1.82) is 0 Å². The van der Waals surface area contributed by atoms with Crippen LogP contribution in [0.4, 0.5) is 0 Å². The molecule has 2 N–H and O–H groups in total. The van der Waals surface area contributed by atoms with Crippen LogP contribution in [-0.2, 0) is 11.3 Å². The summed E-state index contributed by atoms with van der Waals surface area (Å²) in [5.41, 5.74) is 7.71. The third-order valence-corrected chi connectivity index (χ3v) is 2.71. The first-order valence-electron chi connectivity index (χ1n) is 6.70. The van der Waals surface area contributed by atoms with E-state index in [4.69, 9.17) is 10.5 Å². The molecule has 0 aliphatic heterocycles. The molecule has 0 aliphatic rings. The second-order valence-corrected chi connectivity index (χ2v) is 4.82. The summed E-state index contributed by atoms with van der Waals surface area (Å²) < 4.78 is 5.56. The van der Waals surface area contributed by atoms with Crippen molar-refractivity contribution in [3.05, 3.63) is 35.4 Å². The molecule has 3 nitrogen and oxygen atoms in total. The third kappa shape index (κ3) is 6.40. The Morgan fingerprint density at radius 1 is 1.32 bits per heavy atom. The quantitative estimate of drug-likeness (QED) is 0.793. The van der Waals surface area contributed by atoms with Crippen molar-refractivity contribution in [1.82, 2.24) is 4.90 Å². The highest BCUT2D eigenvalue weighted by atomic mass is 16.5. The van der Waals surface area contributed by atoms with Gasteiger partial charge in [-0.05, 0) is 32.5 Å². The number of ether oxygens (including phenoxy) is 1. The molecule has 0 aromatic heterocycles. The monoisotopic (exact) mass is 260 g/mol. The predicted octanol–water partition coefficient (Wildman–Crippen LogP) is 1.85. The van der Waals surface area contributed by atoms with E-state index in [0.717, 1.165) is 25.3 Å². The summed E-state index contributed by atoms with van der Waals surface area (Å²) >= 11 is 0. The fraction of sp³-hybridized carbons (Fsp3) is 0.500. The van der Waals surface area contributed by atoms with Crippen molar-refractivity contribution < 1.29 is 4.74 Å². The van der Waals surface area contributed by atoms with E-state index in [1.807, 2.05) is 18.2 Å². The smallest absolute Gasteiger partial charge is 0.0596 e. The van der Waals surface area contributed by atoms with E-state index in [1.165, 1.54) is 5.56 Å². The minimum absolute atomic E-state index is 0.288. The van der Waals surface area contributed by atoms with Gasteiger partial charge in [-0.1, -0.05) is 30.0 Å². The van der Waals surface area contributed by atoms with Crippen molar-refractivity contribution in [3.8, 4) is 11.8 Å². The van der Waals surface area contributed by atoms with Gasteiger partial charge in [-0.2, -0.15) is 0 Å². The number of nitrogens with zero attached hydrogens (tertiary/aromatic N) is 1. The Balaban J connectivity index is 2.56. The van der Waals surface area contributed by atoms with Gasteiger partial charge in [0.05, 0.1) is 19.3 Å². The Labute approximate surface area is 116 Å². The minimum atomic E-state index is 0.288. The lowest BCUT2D eigenvalue weighted by atomic mass is 10.1. The summed E-state index contributed by atoms with van der Waals surface area (Å²) in [6, 6.07) is 8.20. The number of hydrogen-bond donors (Lipinski definition) is 1. The van der Waals surface area contributed by atoms with Gasteiger partial charge in [0.1, 0.15) is 0 Å². The van der Waals surface area contributed by atoms with Gasteiger partial charge in [0.15, 0.2) is 0 Å². The molecule has 0 saturated heterocycles. The number of likely N-dealkylation sites (N-methyl/N-ethyl adjacent to an activating group) is 1. The van der Waals surface area contributed by atoms with Gasteiger partial charge >= 0.3 is 0 Å². The molecule has 0 aliphatic carbocycles. The number of rotatable bonds is 6. The SMILES string of the molecule is CC(C)OCCN(C)Cc1ccccc1C#CCN. The molecule has 0 heterocycles. The molecule has 104 valence electrons. The molecule has 0 saturated carbocycles. The van der Waals surface area contributed by atoms with Crippen molar-refractivity contribution >= 4 is 0 Å². The second kappa shape index (κ2) is 8.71. The van der Waals surface area contributed by atoms with Crippen LogP contribution in [0.25, 0.3) is 0 Å². The van der Waals surface area contributed by atoms with Gasteiger partial charge in [0.25, 0.3) is 0 Å². The Morgan fingerprint density at radius 2 is 2.05 bits per heavy atom. The fourth-order valence-corrected chi connectivity index (χ4v) is 1.74. The normalized spacial score (nSPS) is 10.6. The molecule has 0 atom stereocenters. The van der Waals surface area contributed by atoms with Crippen LogP contribution in [0.5, 0.6) is 0 Å². The van der Waals surface area contributed by atoms with Crippen LogP contribution in [0, 0.1) is 11.8 Å². The summed E-state index contributed by atoms with van der Waals surface area (Å²) in [6.07, 6.45) is 0.288. The molecule has 0 radical (unpaired) electrons. The van der Waals surface area contributed by atoms with Gasteiger partial charge in [-0.15, -0.1) is 0 Å². The minimum Gasteiger partial charge on any atom is -0.377 e. The van der Waals surface area contributed by atoms with Gasteiger partial charge in [-0.3, -0.25) is 4.90 Å². The molecule has 1 aromatic carbocycles. The number of nitrogens with two attached hydrogens (primary N) is 1. The van der Waals surface area contributed by atoms with E-state index in [1.54, 1.807) is 0 Å². The van der Waals surface area contributed by atoms with Crippen molar-refractivity contribution in [3.63, 3.8) is 0 Å². The van der Waals surface area contributed by atoms with E-state index in [-0.39, 0.29) is 6.10 Å². The molecular formula is C16H24N2O. The van der Waals surface area contributed by atoms with Crippen molar-refractivity contribution in [2.75, 3.05) is 26.7 Å². The highest BCUT2D eigenvalue weighted by molar-refractivity contribution is 5.41. The summed E-state index contributed by atoms with van der Waals surface area (Å²) in [7, 11) is 2.09. The molecule has 0 amide bonds. The first-order valence-corrected chi connectivity index (χ1v) is 6.70. The Morgan fingerprint density at radius 3 is 2.74 bits per heavy atom. The van der Waals surface area contributed by atoms with E-state index >= 15 is 0 Å². The topological polar surface area (TPSA) is 38.5 Å². The Kier molecular flexibility index (Phi) is 7.20. The van der Waals surface area contributed by atoms with Gasteiger partial charge in [0.2, 0.25) is 0 Å². The average molecular weight is 260 g/mol. The standard InChI is InChI=1S/C16H24N2O/c1-14(2)19-12-11-18(3)13-16-8-5-4-7-15(16)9-6-10-17/h4-5,7-8,14H,10-13,17H2,1-3H3. The lowest BCUT2D eigenvalue weighted by Gasteiger charge is -2.18. The Hall–Kier alpha value is -1.34. The third-order valence-electron chi connectivity index (χ3n) is 2.71. The van der Waals surface area contributed by atoms with E-state index in [0.29, 0.717) is 6.54 Å². The molecule has 1 aromatic rings.